The molecule has 0 aromatic heterocycles. The molecule has 1 fully saturated rings. The first-order valence-electron chi connectivity index (χ1n) is 8.83. The smallest absolute Gasteiger partial charge is 0.139 e. The normalized spacial score (nSPS) is 28.3. The maximum atomic E-state index is 11.2. The highest BCUT2D eigenvalue weighted by molar-refractivity contribution is 7.99. The summed E-state index contributed by atoms with van der Waals surface area (Å²) in [7, 11) is 4.25. The minimum atomic E-state index is 0.284. The number of hydrogen-bond acceptors (Lipinski definition) is 4. The van der Waals surface area contributed by atoms with E-state index in [1.807, 2.05) is 7.05 Å². The van der Waals surface area contributed by atoms with Crippen molar-refractivity contribution in [1.82, 2.24) is 10.2 Å². The Kier molecular flexibility index (Phi) is 5.67. The number of benzene rings is 1. The first kappa shape index (κ1) is 17.6. The number of hydrogen-bond donors (Lipinski definition) is 1. The molecule has 3 atom stereocenters. The van der Waals surface area contributed by atoms with Crippen LogP contribution in [0.4, 0.5) is 0 Å². The number of rotatable bonds is 5. The van der Waals surface area contributed by atoms with Crippen molar-refractivity contribution in [3.05, 3.63) is 41.6 Å². The fourth-order valence-corrected chi connectivity index (χ4v) is 5.30. The van der Waals surface area contributed by atoms with E-state index in [1.165, 1.54) is 23.1 Å². The lowest BCUT2D eigenvalue weighted by Gasteiger charge is -2.47. The second kappa shape index (κ2) is 7.75. The number of thioether (sulfide) groups is 1. The molecule has 1 aliphatic carbocycles. The van der Waals surface area contributed by atoms with Crippen molar-refractivity contribution < 1.29 is 4.79 Å². The molecule has 1 aromatic carbocycles. The zero-order valence-electron chi connectivity index (χ0n) is 14.9. The van der Waals surface area contributed by atoms with Crippen LogP contribution in [0.25, 0.3) is 5.57 Å². The van der Waals surface area contributed by atoms with Gasteiger partial charge in [-0.2, -0.15) is 11.8 Å². The van der Waals surface area contributed by atoms with Gasteiger partial charge < -0.3 is 10.2 Å². The molecule has 3 rings (SSSR count). The average molecular weight is 345 g/mol. The quantitative estimate of drug-likeness (QED) is 0.887. The number of likely N-dealkylation sites (tertiary alicyclic amines) is 1. The summed E-state index contributed by atoms with van der Waals surface area (Å²) in [6.45, 7) is 2.82. The van der Waals surface area contributed by atoms with E-state index in [1.54, 1.807) is 18.7 Å². The summed E-state index contributed by atoms with van der Waals surface area (Å²) in [5, 5.41) is 3.22. The monoisotopic (exact) mass is 344 g/mol. The van der Waals surface area contributed by atoms with E-state index in [2.05, 4.69) is 47.7 Å². The Hall–Kier alpha value is -1.26. The minimum Gasteiger partial charge on any atom is -0.394 e. The van der Waals surface area contributed by atoms with E-state index >= 15 is 0 Å². The fraction of sp³-hybridized carbons (Fsp3) is 0.550. The number of fused-ring (bicyclic) bond motifs is 3. The summed E-state index contributed by atoms with van der Waals surface area (Å²) in [5.41, 5.74) is 4.34. The van der Waals surface area contributed by atoms with Gasteiger partial charge in [0.05, 0.1) is 5.75 Å². The first-order chi connectivity index (χ1) is 11.6. The van der Waals surface area contributed by atoms with Crippen molar-refractivity contribution in [2.24, 2.45) is 5.92 Å². The number of carbonyl (C=O) groups excluding carboxylic acids is 1. The SMILES string of the molecule is CN/C=C1/CC2C(CC(CSCC(C)=O)CN2C)c2ccccc21. The van der Waals surface area contributed by atoms with Crippen molar-refractivity contribution in [3.8, 4) is 0 Å². The van der Waals surface area contributed by atoms with Gasteiger partial charge in [0.15, 0.2) is 0 Å². The molecule has 0 amide bonds. The Bertz CT molecular complexity index is 628. The Balaban J connectivity index is 1.81. The summed E-state index contributed by atoms with van der Waals surface area (Å²) >= 11 is 1.80. The van der Waals surface area contributed by atoms with Crippen LogP contribution in [0.1, 0.15) is 36.8 Å². The molecule has 1 aliphatic heterocycles. The molecule has 3 nitrogen and oxygen atoms in total. The third-order valence-corrected chi connectivity index (χ3v) is 6.59. The molecule has 2 aliphatic rings. The highest BCUT2D eigenvalue weighted by atomic mass is 32.2. The third kappa shape index (κ3) is 3.70. The lowest BCUT2D eigenvalue weighted by molar-refractivity contribution is -0.114. The van der Waals surface area contributed by atoms with Crippen molar-refractivity contribution >= 4 is 23.1 Å². The molecule has 1 N–H and O–H groups in total. The zero-order chi connectivity index (χ0) is 17.1. The van der Waals surface area contributed by atoms with Gasteiger partial charge in [0.1, 0.15) is 5.78 Å². The van der Waals surface area contributed by atoms with E-state index in [4.69, 9.17) is 0 Å². The molecule has 1 aromatic rings. The molecule has 4 heteroatoms. The Morgan fingerprint density at radius 3 is 2.96 bits per heavy atom. The topological polar surface area (TPSA) is 32.3 Å². The molecular formula is C20H28N2OS. The number of nitrogens with zero attached hydrogens (tertiary/aromatic N) is 1. The minimum absolute atomic E-state index is 0.284. The molecule has 130 valence electrons. The molecule has 0 radical (unpaired) electrons. The third-order valence-electron chi connectivity index (χ3n) is 5.28. The van der Waals surface area contributed by atoms with Crippen LogP contribution >= 0.6 is 11.8 Å². The van der Waals surface area contributed by atoms with Crippen molar-refractivity contribution in [3.63, 3.8) is 0 Å². The molecular weight excluding hydrogens is 316 g/mol. The maximum Gasteiger partial charge on any atom is 0.139 e. The van der Waals surface area contributed by atoms with Crippen LogP contribution in [0, 0.1) is 5.92 Å². The fourth-order valence-electron chi connectivity index (χ4n) is 4.32. The first-order valence-corrected chi connectivity index (χ1v) is 9.98. The van der Waals surface area contributed by atoms with Gasteiger partial charge in [-0.25, -0.2) is 0 Å². The summed E-state index contributed by atoms with van der Waals surface area (Å²) in [5.74, 6) is 3.31. The predicted octanol–water partition coefficient (Wildman–Crippen LogP) is 3.38. The molecule has 0 bridgehead atoms. The summed E-state index contributed by atoms with van der Waals surface area (Å²) < 4.78 is 0. The van der Waals surface area contributed by atoms with Crippen molar-refractivity contribution in [2.45, 2.75) is 31.7 Å². The van der Waals surface area contributed by atoms with E-state index in [0.717, 1.165) is 18.7 Å². The van der Waals surface area contributed by atoms with Gasteiger partial charge in [-0.3, -0.25) is 4.79 Å². The standard InChI is InChI=1S/C20H28N2OS/c1-14(23)12-24-13-15-8-19-18-7-5-4-6-17(18)16(10-21-2)9-20(19)22(3)11-15/h4-7,10,15,19-21H,8-9,11-13H2,1-3H3/b16-10-. The van der Waals surface area contributed by atoms with Crippen LogP contribution in [-0.2, 0) is 4.79 Å². The van der Waals surface area contributed by atoms with Crippen LogP contribution in [0.15, 0.2) is 30.5 Å². The van der Waals surface area contributed by atoms with Crippen LogP contribution in [0.5, 0.6) is 0 Å². The van der Waals surface area contributed by atoms with Gasteiger partial charge in [0, 0.05) is 31.8 Å². The van der Waals surface area contributed by atoms with Gasteiger partial charge in [0.25, 0.3) is 0 Å². The van der Waals surface area contributed by atoms with E-state index in [9.17, 15) is 4.79 Å². The van der Waals surface area contributed by atoms with Gasteiger partial charge >= 0.3 is 0 Å². The van der Waals surface area contributed by atoms with E-state index in [-0.39, 0.29) is 5.78 Å². The lowest BCUT2D eigenvalue weighted by atomic mass is 9.70. The van der Waals surface area contributed by atoms with Gasteiger partial charge in [-0.15, -0.1) is 0 Å². The lowest BCUT2D eigenvalue weighted by Crippen LogP contribution is -2.47. The molecule has 3 unspecified atom stereocenters. The van der Waals surface area contributed by atoms with E-state index in [0.29, 0.717) is 23.6 Å². The van der Waals surface area contributed by atoms with Crippen LogP contribution < -0.4 is 5.32 Å². The largest absolute Gasteiger partial charge is 0.394 e. The van der Waals surface area contributed by atoms with Crippen LogP contribution in [-0.4, -0.2) is 48.9 Å². The van der Waals surface area contributed by atoms with Crippen LogP contribution in [0.3, 0.4) is 0 Å². The Morgan fingerprint density at radius 2 is 2.21 bits per heavy atom. The Morgan fingerprint density at radius 1 is 1.42 bits per heavy atom. The number of likely N-dealkylation sites (N-methyl/N-ethyl adjacent to an activating group) is 1. The molecule has 0 spiro atoms. The molecule has 0 saturated carbocycles. The van der Waals surface area contributed by atoms with E-state index < -0.39 is 0 Å². The molecule has 1 heterocycles. The maximum absolute atomic E-state index is 11.2. The summed E-state index contributed by atoms with van der Waals surface area (Å²) in [6, 6.07) is 9.49. The number of Topliss-reactive ketones (excluding diaryl/α,β-unsaturated/α-hetero) is 1. The highest BCUT2D eigenvalue weighted by Gasteiger charge is 2.39. The number of carbonyl (C=O) groups is 1. The van der Waals surface area contributed by atoms with Crippen LogP contribution in [0.2, 0.25) is 0 Å². The summed E-state index contributed by atoms with van der Waals surface area (Å²) in [4.78, 5) is 13.7. The predicted molar refractivity (Wildman–Crippen MR) is 103 cm³/mol. The Labute approximate surface area is 149 Å². The van der Waals surface area contributed by atoms with Gasteiger partial charge in [0.2, 0.25) is 0 Å². The zero-order valence-corrected chi connectivity index (χ0v) is 15.7. The highest BCUT2D eigenvalue weighted by Crippen LogP contribution is 2.46. The molecule has 24 heavy (non-hydrogen) atoms. The van der Waals surface area contributed by atoms with Crippen molar-refractivity contribution in [1.29, 1.82) is 0 Å². The van der Waals surface area contributed by atoms with Gasteiger partial charge in [-0.1, -0.05) is 24.3 Å². The number of ketones is 1. The number of nitrogens with one attached hydrogen (secondary N) is 1. The van der Waals surface area contributed by atoms with Crippen molar-refractivity contribution in [2.75, 3.05) is 32.1 Å². The number of piperidine rings is 1. The second-order valence-electron chi connectivity index (χ2n) is 7.18. The average Bonchev–Trinajstić information content (AvgIpc) is 2.56. The summed E-state index contributed by atoms with van der Waals surface area (Å²) in [6.07, 6.45) is 4.52. The molecule has 1 saturated heterocycles. The second-order valence-corrected chi connectivity index (χ2v) is 8.21. The van der Waals surface area contributed by atoms with Gasteiger partial charge in [-0.05, 0) is 55.2 Å².